The van der Waals surface area contributed by atoms with Crippen molar-refractivity contribution in [2.24, 2.45) is 16.3 Å². The molecule has 0 unspecified atom stereocenters. The zero-order valence-electron chi connectivity index (χ0n) is 16.4. The highest BCUT2D eigenvalue weighted by Gasteiger charge is 2.43. The molecule has 1 spiro atoms. The highest BCUT2D eigenvalue weighted by atomic mass is 127. The van der Waals surface area contributed by atoms with Gasteiger partial charge in [0.2, 0.25) is 0 Å². The fourth-order valence-electron chi connectivity index (χ4n) is 4.54. The van der Waals surface area contributed by atoms with E-state index in [0.29, 0.717) is 5.41 Å². The average Bonchev–Trinajstić information content (AvgIpc) is 3.01. The maximum absolute atomic E-state index is 4.93. The first-order chi connectivity index (χ1) is 11.7. The molecule has 0 radical (unpaired) electrons. The molecule has 0 aromatic carbocycles. The molecule has 3 aliphatic rings. The van der Waals surface area contributed by atoms with Crippen molar-refractivity contribution in [1.82, 2.24) is 15.1 Å². The fourth-order valence-corrected chi connectivity index (χ4v) is 4.54. The molecule has 1 N–H and O–H groups in total. The number of unbranched alkanes of at least 4 members (excludes halogenated alkanes) is 1. The van der Waals surface area contributed by atoms with Crippen LogP contribution in [0.1, 0.15) is 65.2 Å². The molecular weight excluding hydrogens is 423 g/mol. The summed E-state index contributed by atoms with van der Waals surface area (Å²) in [4.78, 5) is 10.1. The Morgan fingerprint density at radius 1 is 1.12 bits per heavy atom. The van der Waals surface area contributed by atoms with E-state index in [9.17, 15) is 0 Å². The second-order valence-electron chi connectivity index (χ2n) is 8.49. The highest BCUT2D eigenvalue weighted by molar-refractivity contribution is 14.0. The lowest BCUT2D eigenvalue weighted by Crippen LogP contribution is -2.42. The third-order valence-electron chi connectivity index (χ3n) is 6.51. The summed E-state index contributed by atoms with van der Waals surface area (Å²) >= 11 is 0. The first kappa shape index (κ1) is 21.3. The van der Waals surface area contributed by atoms with Gasteiger partial charge in [0.15, 0.2) is 5.96 Å². The van der Waals surface area contributed by atoms with E-state index in [1.54, 1.807) is 0 Å². The lowest BCUT2D eigenvalue weighted by molar-refractivity contribution is 0.151. The number of hydrogen-bond donors (Lipinski definition) is 1. The topological polar surface area (TPSA) is 30.9 Å². The predicted molar refractivity (Wildman–Crippen MR) is 118 cm³/mol. The van der Waals surface area contributed by atoms with Crippen molar-refractivity contribution >= 4 is 29.9 Å². The Hall–Kier alpha value is -0.0400. The molecule has 3 rings (SSSR count). The number of nitrogens with one attached hydrogen (secondary N) is 1. The van der Waals surface area contributed by atoms with Crippen LogP contribution in [0.2, 0.25) is 0 Å². The molecule has 0 aromatic rings. The summed E-state index contributed by atoms with van der Waals surface area (Å²) in [7, 11) is 0. The van der Waals surface area contributed by atoms with Crippen LogP contribution in [0.15, 0.2) is 4.99 Å². The molecule has 5 heteroatoms. The molecule has 146 valence electrons. The van der Waals surface area contributed by atoms with E-state index in [1.165, 1.54) is 90.0 Å². The van der Waals surface area contributed by atoms with Gasteiger partial charge in [0.25, 0.3) is 0 Å². The van der Waals surface area contributed by atoms with Crippen LogP contribution in [0.4, 0.5) is 0 Å². The number of likely N-dealkylation sites (tertiary alicyclic amines) is 2. The third-order valence-corrected chi connectivity index (χ3v) is 6.51. The zero-order valence-corrected chi connectivity index (χ0v) is 18.8. The monoisotopic (exact) mass is 462 g/mol. The standard InChI is InChI=1S/C20H38N4.HI/c1-3-21-19(24-16-11-20(17-24)9-6-10-20)22-12-4-5-13-23-14-7-18(2)8-15-23;/h18H,3-17H2,1-2H3,(H,21,22);1H. The summed E-state index contributed by atoms with van der Waals surface area (Å²) in [6, 6.07) is 0. The van der Waals surface area contributed by atoms with Crippen molar-refractivity contribution in [3.8, 4) is 0 Å². The largest absolute Gasteiger partial charge is 0.357 e. The minimum atomic E-state index is 0. The number of halogens is 1. The number of guanidine groups is 1. The Morgan fingerprint density at radius 2 is 1.88 bits per heavy atom. The van der Waals surface area contributed by atoms with E-state index in [4.69, 9.17) is 4.99 Å². The Bertz CT molecular complexity index is 414. The highest BCUT2D eigenvalue weighted by Crippen LogP contribution is 2.47. The molecular formula is C20H39IN4. The summed E-state index contributed by atoms with van der Waals surface area (Å²) in [5.41, 5.74) is 0.654. The molecule has 2 saturated heterocycles. The molecule has 4 nitrogen and oxygen atoms in total. The van der Waals surface area contributed by atoms with Crippen molar-refractivity contribution in [2.75, 3.05) is 45.8 Å². The van der Waals surface area contributed by atoms with Crippen molar-refractivity contribution in [1.29, 1.82) is 0 Å². The number of piperidine rings is 1. The summed E-state index contributed by atoms with van der Waals surface area (Å²) in [5, 5.41) is 3.52. The molecule has 2 heterocycles. The normalized spacial score (nSPS) is 24.2. The van der Waals surface area contributed by atoms with Crippen LogP contribution in [-0.4, -0.2) is 61.6 Å². The Morgan fingerprint density at radius 3 is 2.48 bits per heavy atom. The summed E-state index contributed by atoms with van der Waals surface area (Å²) in [6.45, 7) is 12.9. The molecule has 0 amide bonds. The van der Waals surface area contributed by atoms with E-state index in [0.717, 1.165) is 19.0 Å². The predicted octanol–water partition coefficient (Wildman–Crippen LogP) is 3.96. The molecule has 0 atom stereocenters. The molecule has 0 bridgehead atoms. The van der Waals surface area contributed by atoms with Gasteiger partial charge in [0.1, 0.15) is 0 Å². The molecule has 25 heavy (non-hydrogen) atoms. The summed E-state index contributed by atoms with van der Waals surface area (Å²) < 4.78 is 0. The van der Waals surface area contributed by atoms with Gasteiger partial charge in [0, 0.05) is 26.2 Å². The second kappa shape index (κ2) is 10.3. The molecule has 0 aromatic heterocycles. The van der Waals surface area contributed by atoms with Gasteiger partial charge in [-0.15, -0.1) is 24.0 Å². The third kappa shape index (κ3) is 5.98. The maximum Gasteiger partial charge on any atom is 0.193 e. The minimum absolute atomic E-state index is 0. The Kier molecular flexibility index (Phi) is 8.79. The maximum atomic E-state index is 4.93. The first-order valence-electron chi connectivity index (χ1n) is 10.5. The SMILES string of the molecule is CCNC(=NCCCCN1CCC(C)CC1)N1CCC2(CCC2)C1.I. The van der Waals surface area contributed by atoms with Crippen molar-refractivity contribution in [3.05, 3.63) is 0 Å². The lowest BCUT2D eigenvalue weighted by atomic mass is 9.68. The van der Waals surface area contributed by atoms with Gasteiger partial charge in [0.05, 0.1) is 0 Å². The lowest BCUT2D eigenvalue weighted by Gasteiger charge is -2.38. The van der Waals surface area contributed by atoms with Crippen molar-refractivity contribution in [2.45, 2.75) is 65.2 Å². The molecule has 1 aliphatic carbocycles. The Labute approximate surface area is 172 Å². The molecule has 2 aliphatic heterocycles. The van der Waals surface area contributed by atoms with E-state index < -0.39 is 0 Å². The fraction of sp³-hybridized carbons (Fsp3) is 0.950. The van der Waals surface area contributed by atoms with Crippen LogP contribution in [0.25, 0.3) is 0 Å². The van der Waals surface area contributed by atoms with Gasteiger partial charge in [-0.05, 0) is 82.8 Å². The van der Waals surface area contributed by atoms with Crippen LogP contribution in [-0.2, 0) is 0 Å². The van der Waals surface area contributed by atoms with Gasteiger partial charge in [-0.2, -0.15) is 0 Å². The quantitative estimate of drug-likeness (QED) is 0.281. The van der Waals surface area contributed by atoms with Crippen LogP contribution in [0.3, 0.4) is 0 Å². The van der Waals surface area contributed by atoms with Crippen LogP contribution >= 0.6 is 24.0 Å². The van der Waals surface area contributed by atoms with Gasteiger partial charge in [-0.1, -0.05) is 13.3 Å². The first-order valence-corrected chi connectivity index (χ1v) is 10.5. The average molecular weight is 462 g/mol. The van der Waals surface area contributed by atoms with Crippen molar-refractivity contribution < 1.29 is 0 Å². The van der Waals surface area contributed by atoms with Gasteiger partial charge in [-0.25, -0.2) is 0 Å². The summed E-state index contributed by atoms with van der Waals surface area (Å²) in [6.07, 6.45) is 11.0. The van der Waals surface area contributed by atoms with Gasteiger partial charge >= 0.3 is 0 Å². The number of nitrogens with zero attached hydrogens (tertiary/aromatic N) is 3. The summed E-state index contributed by atoms with van der Waals surface area (Å²) in [5.74, 6) is 2.11. The van der Waals surface area contributed by atoms with Gasteiger partial charge < -0.3 is 15.1 Å². The van der Waals surface area contributed by atoms with Crippen LogP contribution < -0.4 is 5.32 Å². The van der Waals surface area contributed by atoms with E-state index in [-0.39, 0.29) is 24.0 Å². The van der Waals surface area contributed by atoms with E-state index >= 15 is 0 Å². The minimum Gasteiger partial charge on any atom is -0.357 e. The number of aliphatic imine (C=N–C) groups is 1. The van der Waals surface area contributed by atoms with Gasteiger partial charge in [-0.3, -0.25) is 4.99 Å². The molecule has 1 saturated carbocycles. The van der Waals surface area contributed by atoms with E-state index in [2.05, 4.69) is 29.0 Å². The van der Waals surface area contributed by atoms with Crippen LogP contribution in [0, 0.1) is 11.3 Å². The molecule has 3 fully saturated rings. The number of hydrogen-bond acceptors (Lipinski definition) is 2. The number of rotatable bonds is 6. The second-order valence-corrected chi connectivity index (χ2v) is 8.49. The Balaban J connectivity index is 0.00000225. The van der Waals surface area contributed by atoms with E-state index in [1.807, 2.05) is 0 Å². The smallest absolute Gasteiger partial charge is 0.193 e. The zero-order chi connectivity index (χ0) is 16.8. The van der Waals surface area contributed by atoms with Crippen molar-refractivity contribution in [3.63, 3.8) is 0 Å². The van der Waals surface area contributed by atoms with Crippen LogP contribution in [0.5, 0.6) is 0 Å².